The highest BCUT2D eigenvalue weighted by Gasteiger charge is 2.14. The zero-order chi connectivity index (χ0) is 13.0. The van der Waals surface area contributed by atoms with Crippen LogP contribution in [0, 0.1) is 0 Å². The van der Waals surface area contributed by atoms with Crippen LogP contribution in [0.15, 0.2) is 5.16 Å². The second kappa shape index (κ2) is 6.02. The molecule has 0 fully saturated rings. The van der Waals surface area contributed by atoms with Gasteiger partial charge in [-0.3, -0.25) is 4.79 Å². The fourth-order valence-electron chi connectivity index (χ4n) is 1.16. The van der Waals surface area contributed by atoms with Crippen molar-refractivity contribution in [3.63, 3.8) is 0 Å². The van der Waals surface area contributed by atoms with Crippen LogP contribution in [0.3, 0.4) is 0 Å². The monoisotopic (exact) mass is 257 g/mol. The summed E-state index contributed by atoms with van der Waals surface area (Å²) in [7, 11) is 3.65. The summed E-state index contributed by atoms with van der Waals surface area (Å²) in [5.41, 5.74) is 5.50. The Hall–Kier alpha value is -1.08. The van der Waals surface area contributed by atoms with Crippen LogP contribution in [0.5, 0.6) is 0 Å². The maximum atomic E-state index is 11.8. The van der Waals surface area contributed by atoms with Gasteiger partial charge >= 0.3 is 0 Å². The zero-order valence-electron chi connectivity index (χ0n) is 10.7. The molecule has 0 aromatic carbocycles. The molecule has 1 heterocycles. The number of nitrogens with two attached hydrogens (primary N) is 1. The van der Waals surface area contributed by atoms with Crippen molar-refractivity contribution in [1.29, 1.82) is 0 Å². The summed E-state index contributed by atoms with van der Waals surface area (Å²) in [6.45, 7) is 4.32. The Balaban J connectivity index is 2.56. The molecule has 17 heavy (non-hydrogen) atoms. The van der Waals surface area contributed by atoms with Gasteiger partial charge in [-0.1, -0.05) is 11.8 Å². The van der Waals surface area contributed by atoms with Crippen molar-refractivity contribution in [1.82, 2.24) is 19.7 Å². The number of aromatic nitrogens is 3. The third-order valence-electron chi connectivity index (χ3n) is 2.60. The van der Waals surface area contributed by atoms with Gasteiger partial charge in [-0.05, 0) is 13.8 Å². The van der Waals surface area contributed by atoms with Crippen molar-refractivity contribution in [2.45, 2.75) is 31.6 Å². The Morgan fingerprint density at radius 3 is 2.65 bits per heavy atom. The number of nitrogens with zero attached hydrogens (tertiary/aromatic N) is 4. The van der Waals surface area contributed by atoms with E-state index in [-0.39, 0.29) is 11.9 Å². The maximum Gasteiger partial charge on any atom is 0.233 e. The largest absolute Gasteiger partial charge is 0.343 e. The van der Waals surface area contributed by atoms with Crippen LogP contribution >= 0.6 is 11.8 Å². The lowest BCUT2D eigenvalue weighted by atomic mass is 10.3. The lowest BCUT2D eigenvalue weighted by Crippen LogP contribution is -2.34. The molecule has 1 rings (SSSR count). The molecule has 0 radical (unpaired) electrons. The van der Waals surface area contributed by atoms with Crippen LogP contribution in [-0.2, 0) is 18.4 Å². The molecule has 0 spiro atoms. The molecule has 1 aromatic heterocycles. The van der Waals surface area contributed by atoms with Crippen LogP contribution in [0.4, 0.5) is 0 Å². The van der Waals surface area contributed by atoms with Gasteiger partial charge in [0.05, 0.1) is 12.3 Å². The van der Waals surface area contributed by atoms with E-state index in [4.69, 9.17) is 5.73 Å². The van der Waals surface area contributed by atoms with Gasteiger partial charge in [-0.25, -0.2) is 0 Å². The molecule has 0 aliphatic heterocycles. The van der Waals surface area contributed by atoms with Crippen molar-refractivity contribution in [2.75, 3.05) is 12.8 Å². The van der Waals surface area contributed by atoms with Crippen LogP contribution < -0.4 is 5.73 Å². The minimum absolute atomic E-state index is 0.0855. The van der Waals surface area contributed by atoms with E-state index in [9.17, 15) is 4.79 Å². The standard InChI is InChI=1S/C10H19N5OS/c1-7(2)14(3)9(16)6-17-10-13-12-8(5-11)15(10)4/h7H,5-6,11H2,1-4H3. The average Bonchev–Trinajstić information content (AvgIpc) is 2.65. The first-order valence-electron chi connectivity index (χ1n) is 5.44. The third-order valence-corrected chi connectivity index (χ3v) is 3.61. The Labute approximate surface area is 106 Å². The Morgan fingerprint density at radius 2 is 2.18 bits per heavy atom. The Morgan fingerprint density at radius 1 is 1.53 bits per heavy atom. The van der Waals surface area contributed by atoms with Crippen molar-refractivity contribution in [2.24, 2.45) is 12.8 Å². The van der Waals surface area contributed by atoms with Crippen LogP contribution in [-0.4, -0.2) is 44.4 Å². The summed E-state index contributed by atoms with van der Waals surface area (Å²) < 4.78 is 1.81. The molecule has 0 saturated heterocycles. The van der Waals surface area contributed by atoms with E-state index >= 15 is 0 Å². The van der Waals surface area contributed by atoms with E-state index in [0.29, 0.717) is 12.3 Å². The van der Waals surface area contributed by atoms with Crippen LogP contribution in [0.2, 0.25) is 0 Å². The fourth-order valence-corrected chi connectivity index (χ4v) is 2.02. The van der Waals surface area contributed by atoms with Gasteiger partial charge in [0.15, 0.2) is 5.16 Å². The van der Waals surface area contributed by atoms with Crippen molar-refractivity contribution < 1.29 is 4.79 Å². The average molecular weight is 257 g/mol. The first-order chi connectivity index (χ1) is 7.97. The van der Waals surface area contributed by atoms with Gasteiger partial charge in [-0.2, -0.15) is 0 Å². The first-order valence-corrected chi connectivity index (χ1v) is 6.42. The van der Waals surface area contributed by atoms with E-state index in [0.717, 1.165) is 11.0 Å². The number of hydrogen-bond donors (Lipinski definition) is 1. The van der Waals surface area contributed by atoms with Gasteiger partial charge in [0, 0.05) is 20.1 Å². The lowest BCUT2D eigenvalue weighted by Gasteiger charge is -2.20. The minimum atomic E-state index is 0.0855. The SMILES string of the molecule is CC(C)N(C)C(=O)CSc1nnc(CN)n1C. The molecule has 0 unspecified atom stereocenters. The third kappa shape index (κ3) is 3.44. The number of amides is 1. The summed E-state index contributed by atoms with van der Waals surface area (Å²) in [5.74, 6) is 1.17. The molecule has 2 N–H and O–H groups in total. The van der Waals surface area contributed by atoms with E-state index in [1.54, 1.807) is 11.9 Å². The van der Waals surface area contributed by atoms with Crippen molar-refractivity contribution in [3.05, 3.63) is 5.82 Å². The van der Waals surface area contributed by atoms with E-state index in [1.807, 2.05) is 25.5 Å². The summed E-state index contributed by atoms with van der Waals surface area (Å²) in [5, 5.41) is 8.64. The molecule has 1 aromatic rings. The highest BCUT2D eigenvalue weighted by Crippen LogP contribution is 2.16. The van der Waals surface area contributed by atoms with Crippen LogP contribution in [0.25, 0.3) is 0 Å². The van der Waals surface area contributed by atoms with Gasteiger partial charge in [0.1, 0.15) is 5.82 Å². The number of carbonyl (C=O) groups is 1. The molecule has 0 saturated carbocycles. The topological polar surface area (TPSA) is 77.0 Å². The van der Waals surface area contributed by atoms with Gasteiger partial charge < -0.3 is 15.2 Å². The van der Waals surface area contributed by atoms with Gasteiger partial charge in [0.2, 0.25) is 5.91 Å². The van der Waals surface area contributed by atoms with E-state index < -0.39 is 0 Å². The summed E-state index contributed by atoms with van der Waals surface area (Å²) in [6.07, 6.45) is 0. The second-order valence-electron chi connectivity index (χ2n) is 4.05. The molecule has 1 amide bonds. The van der Waals surface area contributed by atoms with Gasteiger partial charge in [0.25, 0.3) is 0 Å². The predicted octanol–water partition coefficient (Wildman–Crippen LogP) is 0.233. The summed E-state index contributed by atoms with van der Waals surface area (Å²) in [4.78, 5) is 13.5. The fraction of sp³-hybridized carbons (Fsp3) is 0.700. The normalized spacial score (nSPS) is 10.9. The van der Waals surface area contributed by atoms with Crippen molar-refractivity contribution in [3.8, 4) is 0 Å². The highest BCUT2D eigenvalue weighted by molar-refractivity contribution is 7.99. The predicted molar refractivity (Wildman–Crippen MR) is 67.5 cm³/mol. The van der Waals surface area contributed by atoms with Gasteiger partial charge in [-0.15, -0.1) is 10.2 Å². The molecule has 0 atom stereocenters. The number of carbonyl (C=O) groups excluding carboxylic acids is 1. The summed E-state index contributed by atoms with van der Waals surface area (Å²) in [6, 6.07) is 0.210. The molecular formula is C10H19N5OS. The van der Waals surface area contributed by atoms with Crippen molar-refractivity contribution >= 4 is 17.7 Å². The molecule has 0 aliphatic rings. The first kappa shape index (κ1) is 14.0. The molecule has 0 aliphatic carbocycles. The molecule has 0 bridgehead atoms. The molecule has 7 heteroatoms. The van der Waals surface area contributed by atoms with E-state index in [1.165, 1.54) is 11.8 Å². The number of thioether (sulfide) groups is 1. The summed E-state index contributed by atoms with van der Waals surface area (Å²) >= 11 is 1.38. The quantitative estimate of drug-likeness (QED) is 0.764. The van der Waals surface area contributed by atoms with E-state index in [2.05, 4.69) is 10.2 Å². The zero-order valence-corrected chi connectivity index (χ0v) is 11.5. The molecule has 96 valence electrons. The highest BCUT2D eigenvalue weighted by atomic mass is 32.2. The van der Waals surface area contributed by atoms with Crippen LogP contribution in [0.1, 0.15) is 19.7 Å². The maximum absolute atomic E-state index is 11.8. The molecular weight excluding hydrogens is 238 g/mol. The number of hydrogen-bond acceptors (Lipinski definition) is 5. The second-order valence-corrected chi connectivity index (χ2v) is 4.99. The minimum Gasteiger partial charge on any atom is -0.343 e. The molecule has 6 nitrogen and oxygen atoms in total. The lowest BCUT2D eigenvalue weighted by molar-refractivity contribution is -0.128. The Kier molecular flexibility index (Phi) is 4.95. The Bertz CT molecular complexity index is 390. The number of rotatable bonds is 5. The smallest absolute Gasteiger partial charge is 0.233 e.